The van der Waals surface area contributed by atoms with Gasteiger partial charge in [0.05, 0.1) is 11.7 Å². The number of likely N-dealkylation sites (tertiary alicyclic amines) is 1. The van der Waals surface area contributed by atoms with Crippen LogP contribution in [0.25, 0.3) is 10.2 Å². The fraction of sp³-hybridized carbons (Fsp3) is 0.682. The number of carbonyl (C=O) groups excluding carboxylic acids is 1. The molecular weight excluding hydrogens is 384 g/mol. The van der Waals surface area contributed by atoms with Gasteiger partial charge in [-0.15, -0.1) is 11.3 Å². The molecule has 0 bridgehead atoms. The van der Waals surface area contributed by atoms with Gasteiger partial charge in [-0.05, 0) is 70.1 Å². The quantitative estimate of drug-likeness (QED) is 0.705. The first-order valence-corrected chi connectivity index (χ1v) is 12.0. The summed E-state index contributed by atoms with van der Waals surface area (Å²) in [6, 6.07) is 0. The Kier molecular flexibility index (Phi) is 6.98. The van der Waals surface area contributed by atoms with Gasteiger partial charge in [-0.3, -0.25) is 14.2 Å². The number of rotatable bonds is 7. The molecule has 2 aromatic rings. The number of hydrogen-bond donors (Lipinski definition) is 1. The van der Waals surface area contributed by atoms with Crippen molar-refractivity contribution in [3.8, 4) is 0 Å². The Labute approximate surface area is 176 Å². The molecular formula is C22H32N4O2S. The summed E-state index contributed by atoms with van der Waals surface area (Å²) >= 11 is 1.67. The van der Waals surface area contributed by atoms with Gasteiger partial charge >= 0.3 is 0 Å². The van der Waals surface area contributed by atoms with Crippen molar-refractivity contribution in [2.24, 2.45) is 0 Å². The topological polar surface area (TPSA) is 67.2 Å². The molecule has 0 unspecified atom stereocenters. The molecule has 158 valence electrons. The van der Waals surface area contributed by atoms with Crippen molar-refractivity contribution in [2.45, 2.75) is 70.8 Å². The monoisotopic (exact) mass is 416 g/mol. The molecule has 2 aromatic heterocycles. The van der Waals surface area contributed by atoms with Crippen molar-refractivity contribution < 1.29 is 4.79 Å². The molecule has 1 amide bonds. The van der Waals surface area contributed by atoms with Crippen LogP contribution in [0.15, 0.2) is 11.1 Å². The Morgan fingerprint density at radius 2 is 1.86 bits per heavy atom. The second-order valence-electron chi connectivity index (χ2n) is 8.34. The van der Waals surface area contributed by atoms with Crippen molar-refractivity contribution in [1.82, 2.24) is 19.8 Å². The lowest BCUT2D eigenvalue weighted by Crippen LogP contribution is -2.31. The van der Waals surface area contributed by atoms with Crippen LogP contribution in [0.5, 0.6) is 0 Å². The predicted molar refractivity (Wildman–Crippen MR) is 118 cm³/mol. The smallest absolute Gasteiger partial charge is 0.262 e. The van der Waals surface area contributed by atoms with Crippen LogP contribution >= 0.6 is 11.3 Å². The van der Waals surface area contributed by atoms with E-state index in [1.54, 1.807) is 22.2 Å². The zero-order valence-electron chi connectivity index (χ0n) is 17.3. The van der Waals surface area contributed by atoms with E-state index in [1.165, 1.54) is 55.6 Å². The van der Waals surface area contributed by atoms with Crippen LogP contribution in [0.2, 0.25) is 0 Å². The number of aryl methyl sites for hydroxylation is 3. The molecule has 3 heterocycles. The zero-order valence-corrected chi connectivity index (χ0v) is 18.1. The average Bonchev–Trinajstić information content (AvgIpc) is 2.91. The van der Waals surface area contributed by atoms with E-state index in [4.69, 9.17) is 0 Å². The van der Waals surface area contributed by atoms with E-state index < -0.39 is 0 Å². The highest BCUT2D eigenvalue weighted by molar-refractivity contribution is 7.18. The van der Waals surface area contributed by atoms with E-state index in [0.29, 0.717) is 19.5 Å². The highest BCUT2D eigenvalue weighted by Gasteiger charge is 2.20. The molecule has 0 radical (unpaired) electrons. The van der Waals surface area contributed by atoms with Crippen LogP contribution in [0.1, 0.15) is 61.8 Å². The number of nitrogens with zero attached hydrogens (tertiary/aromatic N) is 3. The minimum atomic E-state index is 0.0141. The number of carbonyl (C=O) groups is 1. The summed E-state index contributed by atoms with van der Waals surface area (Å²) in [5, 5.41) is 3.81. The molecule has 1 N–H and O–H groups in total. The number of aromatic nitrogens is 2. The second-order valence-corrected chi connectivity index (χ2v) is 9.43. The van der Waals surface area contributed by atoms with E-state index in [-0.39, 0.29) is 11.5 Å². The third-order valence-electron chi connectivity index (χ3n) is 6.19. The molecule has 1 saturated heterocycles. The minimum absolute atomic E-state index is 0.0141. The van der Waals surface area contributed by atoms with Crippen LogP contribution in [0, 0.1) is 0 Å². The Morgan fingerprint density at radius 3 is 2.69 bits per heavy atom. The Hall–Kier alpha value is -1.73. The van der Waals surface area contributed by atoms with E-state index in [1.807, 2.05) is 0 Å². The molecule has 7 heteroatoms. The molecule has 4 rings (SSSR count). The van der Waals surface area contributed by atoms with Crippen LogP contribution in [-0.2, 0) is 24.2 Å². The Morgan fingerprint density at radius 1 is 1.07 bits per heavy atom. The van der Waals surface area contributed by atoms with Crippen LogP contribution < -0.4 is 10.9 Å². The van der Waals surface area contributed by atoms with Gasteiger partial charge in [0.1, 0.15) is 4.83 Å². The van der Waals surface area contributed by atoms with Crippen molar-refractivity contribution in [1.29, 1.82) is 0 Å². The molecule has 2 aliphatic rings. The second kappa shape index (κ2) is 9.85. The molecule has 0 spiro atoms. The van der Waals surface area contributed by atoms with Crippen LogP contribution in [-0.4, -0.2) is 46.5 Å². The third kappa shape index (κ3) is 5.07. The molecule has 1 aliphatic carbocycles. The molecule has 6 nitrogen and oxygen atoms in total. The fourth-order valence-corrected chi connectivity index (χ4v) is 5.76. The predicted octanol–water partition coefficient (Wildman–Crippen LogP) is 3.11. The van der Waals surface area contributed by atoms with Crippen molar-refractivity contribution in [2.75, 3.05) is 26.2 Å². The molecule has 0 atom stereocenters. The maximum atomic E-state index is 12.9. The van der Waals surface area contributed by atoms with E-state index in [9.17, 15) is 9.59 Å². The van der Waals surface area contributed by atoms with Gasteiger partial charge in [0.15, 0.2) is 0 Å². The standard InChI is InChI=1S/C22H32N4O2S/c27-19(23-11-7-14-25-12-5-1-2-6-13-25)10-15-26-16-24-21-20(22(26)28)17-8-3-4-9-18(17)29-21/h16H,1-15H2,(H,23,27). The molecule has 29 heavy (non-hydrogen) atoms. The molecule has 0 aromatic carbocycles. The average molecular weight is 417 g/mol. The highest BCUT2D eigenvalue weighted by atomic mass is 32.1. The first kappa shape index (κ1) is 20.5. The number of hydrogen-bond acceptors (Lipinski definition) is 5. The normalized spacial score (nSPS) is 17.8. The van der Waals surface area contributed by atoms with Gasteiger partial charge in [-0.2, -0.15) is 0 Å². The zero-order chi connectivity index (χ0) is 20.1. The minimum Gasteiger partial charge on any atom is -0.356 e. The lowest BCUT2D eigenvalue weighted by Gasteiger charge is -2.19. The fourth-order valence-electron chi connectivity index (χ4n) is 4.54. The van der Waals surface area contributed by atoms with Crippen molar-refractivity contribution in [3.63, 3.8) is 0 Å². The number of amides is 1. The Balaban J connectivity index is 1.26. The first-order valence-electron chi connectivity index (χ1n) is 11.2. The van der Waals surface area contributed by atoms with E-state index >= 15 is 0 Å². The number of thiophene rings is 1. The number of fused-ring (bicyclic) bond motifs is 3. The van der Waals surface area contributed by atoms with Crippen molar-refractivity contribution >= 4 is 27.5 Å². The summed E-state index contributed by atoms with van der Waals surface area (Å²) in [7, 11) is 0. The summed E-state index contributed by atoms with van der Waals surface area (Å²) in [5.74, 6) is 0.0141. The maximum Gasteiger partial charge on any atom is 0.262 e. The lowest BCUT2D eigenvalue weighted by atomic mass is 9.97. The van der Waals surface area contributed by atoms with E-state index in [2.05, 4.69) is 15.2 Å². The van der Waals surface area contributed by atoms with Crippen LogP contribution in [0.4, 0.5) is 0 Å². The Bertz CT molecular complexity index is 896. The van der Waals surface area contributed by atoms with Gasteiger partial charge in [0.25, 0.3) is 5.56 Å². The molecule has 0 saturated carbocycles. The van der Waals surface area contributed by atoms with E-state index in [0.717, 1.165) is 42.4 Å². The van der Waals surface area contributed by atoms with Crippen LogP contribution in [0.3, 0.4) is 0 Å². The molecule has 1 aliphatic heterocycles. The third-order valence-corrected chi connectivity index (χ3v) is 7.39. The van der Waals surface area contributed by atoms with Gasteiger partial charge in [0, 0.05) is 24.4 Å². The summed E-state index contributed by atoms with van der Waals surface area (Å²) in [6.45, 7) is 4.55. The highest BCUT2D eigenvalue weighted by Crippen LogP contribution is 2.33. The largest absolute Gasteiger partial charge is 0.356 e. The van der Waals surface area contributed by atoms with Gasteiger partial charge < -0.3 is 10.2 Å². The van der Waals surface area contributed by atoms with Crippen molar-refractivity contribution in [3.05, 3.63) is 27.1 Å². The number of nitrogens with one attached hydrogen (secondary N) is 1. The molecule has 1 fully saturated rings. The summed E-state index contributed by atoms with van der Waals surface area (Å²) in [6.07, 6.45) is 12.6. The summed E-state index contributed by atoms with van der Waals surface area (Å²) < 4.78 is 1.61. The summed E-state index contributed by atoms with van der Waals surface area (Å²) in [5.41, 5.74) is 1.23. The summed E-state index contributed by atoms with van der Waals surface area (Å²) in [4.78, 5) is 34.4. The van der Waals surface area contributed by atoms with Gasteiger partial charge in [0.2, 0.25) is 5.91 Å². The SMILES string of the molecule is O=C(CCn1cnc2sc3c(c2c1=O)CCCC3)NCCCN1CCCCCC1. The maximum absolute atomic E-state index is 12.9. The lowest BCUT2D eigenvalue weighted by molar-refractivity contribution is -0.121. The first-order chi connectivity index (χ1) is 14.2. The van der Waals surface area contributed by atoms with Gasteiger partial charge in [-0.25, -0.2) is 4.98 Å². The van der Waals surface area contributed by atoms with Gasteiger partial charge in [-0.1, -0.05) is 12.8 Å².